The summed E-state index contributed by atoms with van der Waals surface area (Å²) in [6, 6.07) is 9.63. The van der Waals surface area contributed by atoms with Crippen LogP contribution in [0.15, 0.2) is 45.7 Å². The minimum absolute atomic E-state index is 0.0302. The third-order valence-corrected chi connectivity index (χ3v) is 5.49. The number of hydrogen-bond acceptors (Lipinski definition) is 4. The minimum Gasteiger partial charge on any atom is -0.478 e. The van der Waals surface area contributed by atoms with Crippen molar-refractivity contribution in [3.8, 4) is 0 Å². The van der Waals surface area contributed by atoms with E-state index in [0.29, 0.717) is 16.5 Å². The zero-order valence-electron chi connectivity index (χ0n) is 14.0. The maximum Gasteiger partial charge on any atom is 0.339 e. The van der Waals surface area contributed by atoms with Gasteiger partial charge in [-0.05, 0) is 50.6 Å². The van der Waals surface area contributed by atoms with E-state index in [1.807, 2.05) is 6.92 Å². The molecule has 0 aliphatic carbocycles. The van der Waals surface area contributed by atoms with Crippen LogP contribution in [-0.4, -0.2) is 19.5 Å². The molecule has 2 aromatic carbocycles. The predicted molar refractivity (Wildman–Crippen MR) is 94.6 cm³/mol. The van der Waals surface area contributed by atoms with Gasteiger partial charge < -0.3 is 9.52 Å². The van der Waals surface area contributed by atoms with E-state index in [1.54, 1.807) is 38.1 Å². The molecule has 0 saturated carbocycles. The van der Waals surface area contributed by atoms with E-state index in [9.17, 15) is 18.3 Å². The first-order valence-corrected chi connectivity index (χ1v) is 9.04. The second-order valence-corrected chi connectivity index (χ2v) is 7.57. The summed E-state index contributed by atoms with van der Waals surface area (Å²) in [5.74, 6) is -0.845. The number of hydrogen-bond donors (Lipinski definition) is 2. The number of furan rings is 1. The molecule has 0 bridgehead atoms. The number of benzene rings is 2. The average molecular weight is 359 g/mol. The number of carboxylic acid groups (broad SMARTS) is 1. The largest absolute Gasteiger partial charge is 0.478 e. The lowest BCUT2D eigenvalue weighted by Crippen LogP contribution is -2.14. The molecule has 0 amide bonds. The summed E-state index contributed by atoms with van der Waals surface area (Å²) in [5, 5.41) is 9.67. The number of carbonyl (C=O) groups is 1. The van der Waals surface area contributed by atoms with Crippen LogP contribution in [-0.2, 0) is 10.0 Å². The molecule has 0 radical (unpaired) electrons. The second kappa shape index (κ2) is 5.93. The third kappa shape index (κ3) is 3.10. The standard InChI is InChI=1S/C18H17NO5S/c1-10-4-7-16(11(2)8-10)25(22,23)19-13-5-6-15-14(9-13)17(18(20)21)12(3)24-15/h4-9,19H,1-3H3,(H,20,21). The van der Waals surface area contributed by atoms with E-state index >= 15 is 0 Å². The van der Waals surface area contributed by atoms with Crippen molar-refractivity contribution in [2.24, 2.45) is 0 Å². The van der Waals surface area contributed by atoms with Crippen molar-refractivity contribution in [2.45, 2.75) is 25.7 Å². The number of nitrogens with one attached hydrogen (secondary N) is 1. The number of fused-ring (bicyclic) bond motifs is 1. The smallest absolute Gasteiger partial charge is 0.339 e. The fourth-order valence-electron chi connectivity index (χ4n) is 2.86. The maximum atomic E-state index is 12.6. The van der Waals surface area contributed by atoms with Crippen molar-refractivity contribution in [3.05, 3.63) is 58.8 Å². The highest BCUT2D eigenvalue weighted by Crippen LogP contribution is 2.29. The van der Waals surface area contributed by atoms with Gasteiger partial charge in [-0.1, -0.05) is 17.7 Å². The maximum absolute atomic E-state index is 12.6. The molecule has 25 heavy (non-hydrogen) atoms. The summed E-state index contributed by atoms with van der Waals surface area (Å²) in [7, 11) is -3.78. The van der Waals surface area contributed by atoms with Crippen molar-refractivity contribution >= 4 is 32.6 Å². The predicted octanol–water partition coefficient (Wildman–Crippen LogP) is 3.86. The van der Waals surface area contributed by atoms with E-state index in [4.69, 9.17) is 4.42 Å². The van der Waals surface area contributed by atoms with E-state index in [2.05, 4.69) is 4.72 Å². The van der Waals surface area contributed by atoms with Crippen molar-refractivity contribution < 1.29 is 22.7 Å². The molecular formula is C18H17NO5S. The number of aryl methyl sites for hydroxylation is 3. The zero-order valence-corrected chi connectivity index (χ0v) is 14.8. The molecule has 0 aliphatic heterocycles. The second-order valence-electron chi connectivity index (χ2n) is 5.92. The van der Waals surface area contributed by atoms with Crippen LogP contribution >= 0.6 is 0 Å². The van der Waals surface area contributed by atoms with Crippen molar-refractivity contribution in [1.29, 1.82) is 0 Å². The van der Waals surface area contributed by atoms with Gasteiger partial charge in [-0.3, -0.25) is 4.72 Å². The molecule has 1 heterocycles. The lowest BCUT2D eigenvalue weighted by atomic mass is 10.1. The molecule has 0 spiro atoms. The van der Waals surface area contributed by atoms with Gasteiger partial charge in [0.1, 0.15) is 16.9 Å². The Bertz CT molecular complexity index is 1100. The molecular weight excluding hydrogens is 342 g/mol. The molecule has 3 rings (SSSR count). The Hall–Kier alpha value is -2.80. The summed E-state index contributed by atoms with van der Waals surface area (Å²) < 4.78 is 33.2. The number of anilines is 1. The van der Waals surface area contributed by atoms with Crippen molar-refractivity contribution in [2.75, 3.05) is 4.72 Å². The average Bonchev–Trinajstić information content (AvgIpc) is 2.81. The van der Waals surface area contributed by atoms with Gasteiger partial charge >= 0.3 is 5.97 Å². The Morgan fingerprint density at radius 3 is 2.44 bits per heavy atom. The topological polar surface area (TPSA) is 96.6 Å². The van der Waals surface area contributed by atoms with E-state index in [1.165, 1.54) is 12.1 Å². The molecule has 0 unspecified atom stereocenters. The quantitative estimate of drug-likeness (QED) is 0.737. The van der Waals surface area contributed by atoms with E-state index < -0.39 is 16.0 Å². The van der Waals surface area contributed by atoms with Gasteiger partial charge in [-0.25, -0.2) is 13.2 Å². The molecule has 7 heteroatoms. The molecule has 0 saturated heterocycles. The Kier molecular flexibility index (Phi) is 4.04. The van der Waals surface area contributed by atoms with Gasteiger partial charge in [-0.15, -0.1) is 0 Å². The van der Waals surface area contributed by atoms with Gasteiger partial charge in [0.05, 0.1) is 4.90 Å². The number of carboxylic acids is 1. The van der Waals surface area contributed by atoms with Crippen LogP contribution in [0.3, 0.4) is 0 Å². The van der Waals surface area contributed by atoms with Gasteiger partial charge in [0.25, 0.3) is 10.0 Å². The van der Waals surface area contributed by atoms with Crippen LogP contribution < -0.4 is 4.72 Å². The zero-order chi connectivity index (χ0) is 18.4. The molecule has 0 atom stereocenters. The van der Waals surface area contributed by atoms with Gasteiger partial charge in [0.15, 0.2) is 0 Å². The highest BCUT2D eigenvalue weighted by Gasteiger charge is 2.20. The Labute approximate surface area is 145 Å². The Balaban J connectivity index is 2.05. The first-order valence-electron chi connectivity index (χ1n) is 7.55. The van der Waals surface area contributed by atoms with Gasteiger partial charge in [-0.2, -0.15) is 0 Å². The van der Waals surface area contributed by atoms with Crippen LogP contribution in [0.25, 0.3) is 11.0 Å². The molecule has 6 nitrogen and oxygen atoms in total. The van der Waals surface area contributed by atoms with Gasteiger partial charge in [0, 0.05) is 11.1 Å². The number of rotatable bonds is 4. The summed E-state index contributed by atoms with van der Waals surface area (Å²) in [6.45, 7) is 5.18. The molecule has 130 valence electrons. The van der Waals surface area contributed by atoms with Crippen LogP contribution in [0.5, 0.6) is 0 Å². The monoisotopic (exact) mass is 359 g/mol. The third-order valence-electron chi connectivity index (χ3n) is 3.95. The summed E-state index contributed by atoms with van der Waals surface area (Å²) in [5.41, 5.74) is 2.31. The summed E-state index contributed by atoms with van der Waals surface area (Å²) in [6.07, 6.45) is 0. The highest BCUT2D eigenvalue weighted by atomic mass is 32.2. The van der Waals surface area contributed by atoms with E-state index in [-0.39, 0.29) is 21.9 Å². The molecule has 1 aromatic heterocycles. The van der Waals surface area contributed by atoms with Crippen molar-refractivity contribution in [1.82, 2.24) is 0 Å². The normalized spacial score (nSPS) is 11.6. The fraction of sp³-hybridized carbons (Fsp3) is 0.167. The number of aromatic carboxylic acids is 1. The first kappa shape index (κ1) is 17.0. The lowest BCUT2D eigenvalue weighted by Gasteiger charge is -2.11. The van der Waals surface area contributed by atoms with Gasteiger partial charge in [0.2, 0.25) is 0 Å². The van der Waals surface area contributed by atoms with E-state index in [0.717, 1.165) is 5.56 Å². The molecule has 2 N–H and O–H groups in total. The Morgan fingerprint density at radius 2 is 1.80 bits per heavy atom. The Morgan fingerprint density at radius 1 is 1.08 bits per heavy atom. The first-order chi connectivity index (χ1) is 11.7. The molecule has 0 fully saturated rings. The van der Waals surface area contributed by atoms with Crippen molar-refractivity contribution in [3.63, 3.8) is 0 Å². The SMILES string of the molecule is Cc1ccc(S(=O)(=O)Nc2ccc3oc(C)c(C(=O)O)c3c2)c(C)c1. The summed E-state index contributed by atoms with van der Waals surface area (Å²) >= 11 is 0. The summed E-state index contributed by atoms with van der Waals surface area (Å²) in [4.78, 5) is 11.6. The number of sulfonamides is 1. The molecule has 0 aliphatic rings. The van der Waals surface area contributed by atoms with Crippen LogP contribution in [0.4, 0.5) is 5.69 Å². The minimum atomic E-state index is -3.78. The van der Waals surface area contributed by atoms with Crippen LogP contribution in [0, 0.1) is 20.8 Å². The molecule has 3 aromatic rings. The fourth-order valence-corrected chi connectivity index (χ4v) is 4.14. The van der Waals surface area contributed by atoms with Crippen LogP contribution in [0.2, 0.25) is 0 Å². The lowest BCUT2D eigenvalue weighted by molar-refractivity contribution is 0.0697. The highest BCUT2D eigenvalue weighted by molar-refractivity contribution is 7.92. The van der Waals surface area contributed by atoms with Crippen LogP contribution in [0.1, 0.15) is 27.2 Å².